The highest BCUT2D eigenvalue weighted by Gasteiger charge is 2.07. The second-order valence-corrected chi connectivity index (χ2v) is 2.60. The smallest absolute Gasteiger partial charge is 0.0986 e. The minimum absolute atomic E-state index is 0.819. The fraction of sp³-hybridized carbons (Fsp3) is 1.00. The lowest BCUT2D eigenvalue weighted by atomic mass is 10.1. The maximum Gasteiger partial charge on any atom is 0.0986 e. The summed E-state index contributed by atoms with van der Waals surface area (Å²) in [4.78, 5) is 2.35. The Hall–Kier alpha value is -0.0800. The standard InChI is InChI=1S/C7H15NO.C2H6/c1-9-7-8-5-3-2-4-6-8;1-2/h2-7H2,1H3;1-2H3. The number of likely N-dealkylation sites (tertiary alicyclic amines) is 1. The number of rotatable bonds is 2. The first-order valence-electron chi connectivity index (χ1n) is 4.65. The van der Waals surface area contributed by atoms with Crippen molar-refractivity contribution in [3.05, 3.63) is 0 Å². The van der Waals surface area contributed by atoms with E-state index in [0.717, 1.165) is 6.73 Å². The van der Waals surface area contributed by atoms with Gasteiger partial charge in [0.2, 0.25) is 0 Å². The highest BCUT2D eigenvalue weighted by atomic mass is 16.5. The van der Waals surface area contributed by atoms with Gasteiger partial charge in [-0.1, -0.05) is 20.3 Å². The van der Waals surface area contributed by atoms with Gasteiger partial charge in [0.05, 0.1) is 6.73 Å². The minimum Gasteiger partial charge on any atom is -0.369 e. The van der Waals surface area contributed by atoms with Crippen LogP contribution in [-0.4, -0.2) is 31.8 Å². The molecule has 0 aromatic rings. The summed E-state index contributed by atoms with van der Waals surface area (Å²) in [6.45, 7) is 7.28. The van der Waals surface area contributed by atoms with Gasteiger partial charge in [-0.15, -0.1) is 0 Å². The average Bonchev–Trinajstić information content (AvgIpc) is 2.11. The SMILES string of the molecule is CC.COCN1CCCCC1. The number of hydrogen-bond acceptors (Lipinski definition) is 2. The summed E-state index contributed by atoms with van der Waals surface area (Å²) >= 11 is 0. The van der Waals surface area contributed by atoms with Crippen molar-refractivity contribution >= 4 is 0 Å². The van der Waals surface area contributed by atoms with Crippen LogP contribution >= 0.6 is 0 Å². The van der Waals surface area contributed by atoms with Gasteiger partial charge in [-0.05, 0) is 12.8 Å². The quantitative estimate of drug-likeness (QED) is 0.612. The van der Waals surface area contributed by atoms with Crippen molar-refractivity contribution < 1.29 is 4.74 Å². The average molecular weight is 159 g/mol. The third-order valence-corrected chi connectivity index (χ3v) is 1.76. The number of piperidine rings is 1. The maximum atomic E-state index is 5.01. The van der Waals surface area contributed by atoms with Crippen molar-refractivity contribution in [3.63, 3.8) is 0 Å². The largest absolute Gasteiger partial charge is 0.369 e. The van der Waals surface area contributed by atoms with Crippen LogP contribution in [0.4, 0.5) is 0 Å². The van der Waals surface area contributed by atoms with Crippen molar-refractivity contribution in [2.45, 2.75) is 33.1 Å². The summed E-state index contributed by atoms with van der Waals surface area (Å²) in [6.07, 6.45) is 4.10. The Kier molecular flexibility index (Phi) is 7.96. The first kappa shape index (κ1) is 10.9. The molecule has 1 heterocycles. The first-order chi connectivity index (χ1) is 5.43. The van der Waals surface area contributed by atoms with Crippen LogP contribution in [0.5, 0.6) is 0 Å². The lowest BCUT2D eigenvalue weighted by Crippen LogP contribution is -2.31. The Balaban J connectivity index is 0.000000461. The van der Waals surface area contributed by atoms with Crippen LogP contribution in [0, 0.1) is 0 Å². The van der Waals surface area contributed by atoms with Gasteiger partial charge < -0.3 is 4.74 Å². The Morgan fingerprint density at radius 1 is 1.09 bits per heavy atom. The molecule has 1 aliphatic heterocycles. The van der Waals surface area contributed by atoms with Crippen LogP contribution < -0.4 is 0 Å². The second kappa shape index (κ2) is 8.02. The van der Waals surface area contributed by atoms with Crippen molar-refractivity contribution in [1.82, 2.24) is 4.90 Å². The number of methoxy groups -OCH3 is 1. The van der Waals surface area contributed by atoms with Crippen LogP contribution in [0.15, 0.2) is 0 Å². The van der Waals surface area contributed by atoms with Gasteiger partial charge in [0.25, 0.3) is 0 Å². The lowest BCUT2D eigenvalue weighted by Gasteiger charge is -2.24. The molecule has 0 unspecified atom stereocenters. The Morgan fingerprint density at radius 2 is 1.64 bits per heavy atom. The highest BCUT2D eigenvalue weighted by molar-refractivity contribution is 4.60. The molecule has 0 aromatic carbocycles. The van der Waals surface area contributed by atoms with Gasteiger partial charge in [0.15, 0.2) is 0 Å². The fourth-order valence-electron chi connectivity index (χ4n) is 1.27. The summed E-state index contributed by atoms with van der Waals surface area (Å²) < 4.78 is 5.01. The monoisotopic (exact) mass is 159 g/mol. The van der Waals surface area contributed by atoms with E-state index in [4.69, 9.17) is 4.74 Å². The van der Waals surface area contributed by atoms with E-state index in [9.17, 15) is 0 Å². The summed E-state index contributed by atoms with van der Waals surface area (Å²) in [5.74, 6) is 0. The molecule has 0 atom stereocenters. The van der Waals surface area contributed by atoms with E-state index in [2.05, 4.69) is 4.90 Å². The van der Waals surface area contributed by atoms with E-state index in [1.165, 1.54) is 32.4 Å². The maximum absolute atomic E-state index is 5.01. The number of hydrogen-bond donors (Lipinski definition) is 0. The van der Waals surface area contributed by atoms with Crippen molar-refractivity contribution in [2.75, 3.05) is 26.9 Å². The zero-order valence-corrected chi connectivity index (χ0v) is 8.10. The zero-order valence-electron chi connectivity index (χ0n) is 8.10. The Bertz CT molecular complexity index is 67.2. The third-order valence-electron chi connectivity index (χ3n) is 1.76. The van der Waals surface area contributed by atoms with Crippen LogP contribution in [0.25, 0.3) is 0 Å². The van der Waals surface area contributed by atoms with Gasteiger partial charge in [0, 0.05) is 20.2 Å². The molecule has 0 aliphatic carbocycles. The molecular formula is C9H21NO. The summed E-state index contributed by atoms with van der Waals surface area (Å²) in [5, 5.41) is 0. The molecule has 2 nitrogen and oxygen atoms in total. The van der Waals surface area contributed by atoms with E-state index >= 15 is 0 Å². The van der Waals surface area contributed by atoms with Crippen LogP contribution in [-0.2, 0) is 4.74 Å². The van der Waals surface area contributed by atoms with E-state index in [1.807, 2.05) is 13.8 Å². The van der Waals surface area contributed by atoms with Gasteiger partial charge in [-0.25, -0.2) is 0 Å². The fourth-order valence-corrected chi connectivity index (χ4v) is 1.27. The Labute approximate surface area is 70.5 Å². The van der Waals surface area contributed by atoms with Crippen LogP contribution in [0.2, 0.25) is 0 Å². The normalized spacial score (nSPS) is 18.8. The molecule has 0 saturated carbocycles. The molecule has 0 amide bonds. The van der Waals surface area contributed by atoms with Crippen molar-refractivity contribution in [1.29, 1.82) is 0 Å². The molecule has 0 bridgehead atoms. The van der Waals surface area contributed by atoms with Gasteiger partial charge in [-0.2, -0.15) is 0 Å². The van der Waals surface area contributed by atoms with Crippen molar-refractivity contribution in [2.24, 2.45) is 0 Å². The third kappa shape index (κ3) is 5.22. The summed E-state index contributed by atoms with van der Waals surface area (Å²) in [5.41, 5.74) is 0. The van der Waals surface area contributed by atoms with Crippen LogP contribution in [0.3, 0.4) is 0 Å². The predicted octanol–water partition coefficient (Wildman–Crippen LogP) is 2.10. The minimum atomic E-state index is 0.819. The molecule has 1 fully saturated rings. The molecule has 0 spiro atoms. The lowest BCUT2D eigenvalue weighted by molar-refractivity contribution is 0.0507. The van der Waals surface area contributed by atoms with E-state index in [-0.39, 0.29) is 0 Å². The van der Waals surface area contributed by atoms with Crippen LogP contribution in [0.1, 0.15) is 33.1 Å². The molecule has 0 N–H and O–H groups in total. The number of nitrogens with zero attached hydrogens (tertiary/aromatic N) is 1. The van der Waals surface area contributed by atoms with Gasteiger partial charge >= 0.3 is 0 Å². The molecule has 0 radical (unpaired) electrons. The zero-order chi connectivity index (χ0) is 8.53. The first-order valence-corrected chi connectivity index (χ1v) is 4.65. The molecule has 2 heteroatoms. The molecule has 11 heavy (non-hydrogen) atoms. The van der Waals surface area contributed by atoms with E-state index in [1.54, 1.807) is 7.11 Å². The summed E-state index contributed by atoms with van der Waals surface area (Å²) in [6, 6.07) is 0. The second-order valence-electron chi connectivity index (χ2n) is 2.60. The van der Waals surface area contributed by atoms with E-state index in [0.29, 0.717) is 0 Å². The molecule has 1 aliphatic rings. The Morgan fingerprint density at radius 3 is 2.09 bits per heavy atom. The topological polar surface area (TPSA) is 12.5 Å². The highest BCUT2D eigenvalue weighted by Crippen LogP contribution is 2.07. The van der Waals surface area contributed by atoms with Gasteiger partial charge in [-0.3, -0.25) is 4.90 Å². The molecular weight excluding hydrogens is 138 g/mol. The summed E-state index contributed by atoms with van der Waals surface area (Å²) in [7, 11) is 1.76. The molecule has 1 rings (SSSR count). The van der Waals surface area contributed by atoms with Gasteiger partial charge in [0.1, 0.15) is 0 Å². The molecule has 68 valence electrons. The molecule has 0 aromatic heterocycles. The van der Waals surface area contributed by atoms with Crippen molar-refractivity contribution in [3.8, 4) is 0 Å². The molecule has 1 saturated heterocycles. The predicted molar refractivity (Wildman–Crippen MR) is 48.6 cm³/mol. The number of ether oxygens (including phenoxy) is 1. The van der Waals surface area contributed by atoms with E-state index < -0.39 is 0 Å².